The first-order valence-electron chi connectivity index (χ1n) is 9.69. The lowest BCUT2D eigenvalue weighted by Crippen LogP contribution is -2.31. The minimum atomic E-state index is -0.00911. The monoisotopic (exact) mass is 400 g/mol. The number of benzene rings is 2. The number of aromatic nitrogens is 3. The molecule has 5 nitrogen and oxygen atoms in total. The van der Waals surface area contributed by atoms with Gasteiger partial charge >= 0.3 is 0 Å². The molecule has 0 atom stereocenters. The quantitative estimate of drug-likeness (QED) is 0.503. The maximum Gasteiger partial charge on any atom is 0.259 e. The largest absolute Gasteiger partial charge is 0.307 e. The summed E-state index contributed by atoms with van der Waals surface area (Å²) in [6.07, 6.45) is 4.43. The van der Waals surface area contributed by atoms with Crippen LogP contribution >= 0.6 is 11.8 Å². The van der Waals surface area contributed by atoms with Gasteiger partial charge in [-0.05, 0) is 35.9 Å². The molecule has 6 heteroatoms. The van der Waals surface area contributed by atoms with Gasteiger partial charge in [-0.1, -0.05) is 42.5 Å². The molecular formula is C23H20N4OS. The average Bonchev–Trinajstić information content (AvgIpc) is 3.03. The fraction of sp³-hybridized carbons (Fsp3) is 0.174. The average molecular weight is 401 g/mol. The van der Waals surface area contributed by atoms with E-state index in [1.807, 2.05) is 63.8 Å². The predicted molar refractivity (Wildman–Crippen MR) is 117 cm³/mol. The summed E-state index contributed by atoms with van der Waals surface area (Å²) in [6.45, 7) is 1.37. The molecule has 2 aromatic carbocycles. The highest BCUT2D eigenvalue weighted by Gasteiger charge is 2.23. The van der Waals surface area contributed by atoms with Gasteiger partial charge in [0, 0.05) is 23.0 Å². The maximum atomic E-state index is 13.3. The first-order chi connectivity index (χ1) is 14.3. The van der Waals surface area contributed by atoms with Crippen molar-refractivity contribution in [3.63, 3.8) is 0 Å². The number of nitrogens with zero attached hydrogens (tertiary/aromatic N) is 4. The molecule has 0 radical (unpaired) electrons. The molecule has 144 valence electrons. The molecule has 0 N–H and O–H groups in total. The van der Waals surface area contributed by atoms with Crippen molar-refractivity contribution in [2.75, 3.05) is 17.2 Å². The number of thioether (sulfide) groups is 1. The van der Waals surface area contributed by atoms with E-state index in [2.05, 4.69) is 28.3 Å². The lowest BCUT2D eigenvalue weighted by atomic mass is 10.2. The third kappa shape index (κ3) is 3.51. The molecule has 0 fully saturated rings. The molecule has 1 aliphatic rings. The van der Waals surface area contributed by atoms with E-state index in [9.17, 15) is 4.79 Å². The number of pyridine rings is 1. The smallest absolute Gasteiger partial charge is 0.259 e. The van der Waals surface area contributed by atoms with Crippen molar-refractivity contribution in [2.45, 2.75) is 17.9 Å². The Morgan fingerprint density at radius 1 is 1.03 bits per heavy atom. The van der Waals surface area contributed by atoms with Gasteiger partial charge < -0.3 is 4.90 Å². The highest BCUT2D eigenvalue weighted by atomic mass is 32.2. The molecule has 0 saturated carbocycles. The number of rotatable bonds is 3. The number of para-hydroxylation sites is 1. The molecular weight excluding hydrogens is 380 g/mol. The number of carbonyl (C=O) groups excluding carboxylic acids is 1. The molecule has 29 heavy (non-hydrogen) atoms. The Balaban J connectivity index is 1.46. The van der Waals surface area contributed by atoms with Gasteiger partial charge in [-0.2, -0.15) is 5.10 Å². The predicted octanol–water partition coefficient (Wildman–Crippen LogP) is 4.62. The molecule has 1 aliphatic heterocycles. The number of amides is 1. The third-order valence-electron chi connectivity index (χ3n) is 5.08. The van der Waals surface area contributed by atoms with Crippen LogP contribution in [0.5, 0.6) is 0 Å². The second kappa shape index (κ2) is 7.72. The highest BCUT2D eigenvalue weighted by molar-refractivity contribution is 7.99. The van der Waals surface area contributed by atoms with Crippen molar-refractivity contribution < 1.29 is 4.79 Å². The first kappa shape index (κ1) is 17.9. The number of hydrogen-bond acceptors (Lipinski definition) is 4. The first-order valence-corrected chi connectivity index (χ1v) is 10.7. The molecule has 0 spiro atoms. The normalized spacial score (nSPS) is 13.9. The van der Waals surface area contributed by atoms with E-state index >= 15 is 0 Å². The molecule has 2 aromatic heterocycles. The summed E-state index contributed by atoms with van der Waals surface area (Å²) >= 11 is 1.81. The lowest BCUT2D eigenvalue weighted by Gasteiger charge is -2.22. The van der Waals surface area contributed by atoms with Gasteiger partial charge in [-0.3, -0.25) is 4.79 Å². The zero-order valence-corrected chi connectivity index (χ0v) is 16.7. The van der Waals surface area contributed by atoms with E-state index in [1.54, 1.807) is 12.4 Å². The number of fused-ring (bicyclic) bond motifs is 2. The summed E-state index contributed by atoms with van der Waals surface area (Å²) < 4.78 is 1.87. The van der Waals surface area contributed by atoms with Gasteiger partial charge in [-0.25, -0.2) is 9.67 Å². The molecule has 5 rings (SSSR count). The summed E-state index contributed by atoms with van der Waals surface area (Å²) in [5.74, 6) is 1.01. The van der Waals surface area contributed by atoms with Crippen LogP contribution in [0, 0.1) is 0 Å². The van der Waals surface area contributed by atoms with Crippen LogP contribution < -0.4 is 4.90 Å². The van der Waals surface area contributed by atoms with E-state index in [-0.39, 0.29) is 5.91 Å². The Bertz CT molecular complexity index is 1170. The van der Waals surface area contributed by atoms with Crippen LogP contribution in [0.25, 0.3) is 11.0 Å². The summed E-state index contributed by atoms with van der Waals surface area (Å²) in [4.78, 5) is 20.9. The van der Waals surface area contributed by atoms with Crippen molar-refractivity contribution >= 4 is 34.4 Å². The lowest BCUT2D eigenvalue weighted by molar-refractivity contribution is 0.0986. The van der Waals surface area contributed by atoms with Gasteiger partial charge in [-0.15, -0.1) is 11.8 Å². The number of carbonyl (C=O) groups is 1. The van der Waals surface area contributed by atoms with Crippen LogP contribution in [0.2, 0.25) is 0 Å². The van der Waals surface area contributed by atoms with Crippen LogP contribution in [-0.4, -0.2) is 33.0 Å². The van der Waals surface area contributed by atoms with Crippen molar-refractivity contribution in [3.8, 4) is 0 Å². The zero-order valence-electron chi connectivity index (χ0n) is 15.9. The van der Waals surface area contributed by atoms with E-state index < -0.39 is 0 Å². The Kier molecular flexibility index (Phi) is 4.77. The summed E-state index contributed by atoms with van der Waals surface area (Å²) in [5.41, 5.74) is 3.54. The van der Waals surface area contributed by atoms with Gasteiger partial charge in [0.2, 0.25) is 0 Å². The van der Waals surface area contributed by atoms with Gasteiger partial charge in [0.05, 0.1) is 24.0 Å². The molecule has 0 unspecified atom stereocenters. The minimum absolute atomic E-state index is 0.00911. The van der Waals surface area contributed by atoms with E-state index in [4.69, 9.17) is 0 Å². The van der Waals surface area contributed by atoms with Gasteiger partial charge in [0.15, 0.2) is 5.65 Å². The van der Waals surface area contributed by atoms with Crippen molar-refractivity contribution in [3.05, 3.63) is 84.2 Å². The highest BCUT2D eigenvalue weighted by Crippen LogP contribution is 2.34. The fourth-order valence-corrected chi connectivity index (χ4v) is 4.65. The summed E-state index contributed by atoms with van der Waals surface area (Å²) in [6, 6.07) is 20.2. The van der Waals surface area contributed by atoms with Gasteiger partial charge in [0.25, 0.3) is 5.91 Å². The fourth-order valence-electron chi connectivity index (χ4n) is 3.66. The topological polar surface area (TPSA) is 51.0 Å². The van der Waals surface area contributed by atoms with Crippen LogP contribution in [0.15, 0.2) is 78.0 Å². The number of hydrogen-bond donors (Lipinski definition) is 0. The SMILES string of the molecule is O=C(c1cnc2c(cnn2Cc2ccccc2)c1)N1CCCSc2ccccc21. The summed E-state index contributed by atoms with van der Waals surface area (Å²) in [7, 11) is 0. The van der Waals surface area contributed by atoms with Crippen LogP contribution in [0.4, 0.5) is 5.69 Å². The van der Waals surface area contributed by atoms with E-state index in [0.29, 0.717) is 18.7 Å². The van der Waals surface area contributed by atoms with E-state index in [0.717, 1.165) is 39.4 Å². The molecule has 0 bridgehead atoms. The minimum Gasteiger partial charge on any atom is -0.307 e. The molecule has 4 aromatic rings. The molecule has 1 amide bonds. The Morgan fingerprint density at radius 3 is 2.76 bits per heavy atom. The van der Waals surface area contributed by atoms with Crippen LogP contribution in [0.1, 0.15) is 22.3 Å². The van der Waals surface area contributed by atoms with Crippen molar-refractivity contribution in [1.82, 2.24) is 14.8 Å². The number of anilines is 1. The second-order valence-corrected chi connectivity index (χ2v) is 8.19. The standard InChI is InChI=1S/C23H20N4OS/c28-23(26-11-6-12-29-21-10-5-4-9-20(21)26)19-13-18-15-25-27(22(18)24-14-19)16-17-7-2-1-3-8-17/h1-5,7-10,13-15H,6,11-12,16H2. The van der Waals surface area contributed by atoms with E-state index in [1.165, 1.54) is 0 Å². The second-order valence-electron chi connectivity index (χ2n) is 7.05. The van der Waals surface area contributed by atoms with Crippen molar-refractivity contribution in [1.29, 1.82) is 0 Å². The Morgan fingerprint density at radius 2 is 1.86 bits per heavy atom. The molecule has 0 saturated heterocycles. The summed E-state index contributed by atoms with van der Waals surface area (Å²) in [5, 5.41) is 5.36. The Hall–Kier alpha value is -3.12. The third-order valence-corrected chi connectivity index (χ3v) is 6.23. The zero-order chi connectivity index (χ0) is 19.6. The van der Waals surface area contributed by atoms with Gasteiger partial charge in [0.1, 0.15) is 0 Å². The maximum absolute atomic E-state index is 13.3. The molecule has 3 heterocycles. The van der Waals surface area contributed by atoms with Crippen LogP contribution in [-0.2, 0) is 6.54 Å². The van der Waals surface area contributed by atoms with Crippen molar-refractivity contribution in [2.24, 2.45) is 0 Å². The van der Waals surface area contributed by atoms with Crippen LogP contribution in [0.3, 0.4) is 0 Å². The molecule has 0 aliphatic carbocycles. The Labute approximate surface area is 173 Å².